The molecule has 1 rings (SSSR count). The zero-order chi connectivity index (χ0) is 7.61. The van der Waals surface area contributed by atoms with Crippen LogP contribution >= 0.6 is 0 Å². The highest BCUT2D eigenvalue weighted by molar-refractivity contribution is 4.83. The maximum absolute atomic E-state index is 5.03. The molecule has 2 heteroatoms. The van der Waals surface area contributed by atoms with Gasteiger partial charge in [-0.2, -0.15) is 0 Å². The molecule has 0 aromatic carbocycles. The Morgan fingerprint density at radius 1 is 1.50 bits per heavy atom. The Morgan fingerprint density at radius 2 is 2.10 bits per heavy atom. The predicted octanol–water partition coefficient (Wildman–Crippen LogP) is 1.70. The molecule has 2 nitrogen and oxygen atoms in total. The molecule has 0 aromatic heterocycles. The molecule has 1 fully saturated rings. The maximum Gasteiger partial charge on any atom is 0.0732 e. The van der Waals surface area contributed by atoms with Gasteiger partial charge in [0.25, 0.3) is 0 Å². The van der Waals surface area contributed by atoms with Crippen LogP contribution in [0.4, 0.5) is 0 Å². The van der Waals surface area contributed by atoms with E-state index >= 15 is 0 Å². The highest BCUT2D eigenvalue weighted by Crippen LogP contribution is 2.41. The molecule has 1 aliphatic carbocycles. The summed E-state index contributed by atoms with van der Waals surface area (Å²) in [4.78, 5) is 4.66. The highest BCUT2D eigenvalue weighted by Gasteiger charge is 2.33. The second-order valence-electron chi connectivity index (χ2n) is 3.93. The van der Waals surface area contributed by atoms with E-state index in [2.05, 4.69) is 18.7 Å². The smallest absolute Gasteiger partial charge is 0.0732 e. The van der Waals surface area contributed by atoms with Gasteiger partial charge in [0.05, 0.1) is 6.61 Å². The summed E-state index contributed by atoms with van der Waals surface area (Å²) in [5, 5.41) is 0. The number of hydrogen-bond donors (Lipinski definition) is 1. The average molecular weight is 143 g/mol. The molecule has 0 radical (unpaired) electrons. The Morgan fingerprint density at radius 3 is 2.40 bits per heavy atom. The molecule has 1 saturated carbocycles. The van der Waals surface area contributed by atoms with Gasteiger partial charge in [-0.05, 0) is 24.2 Å². The molecule has 0 heterocycles. The molecule has 10 heavy (non-hydrogen) atoms. The van der Waals surface area contributed by atoms with Crippen LogP contribution in [0.25, 0.3) is 0 Å². The number of rotatable bonds is 3. The van der Waals surface area contributed by atoms with Crippen molar-refractivity contribution in [1.82, 2.24) is 0 Å². The van der Waals surface area contributed by atoms with Gasteiger partial charge in [0.2, 0.25) is 0 Å². The zero-order valence-electron chi connectivity index (χ0n) is 6.89. The summed E-state index contributed by atoms with van der Waals surface area (Å²) >= 11 is 0. The third-order valence-corrected chi connectivity index (χ3v) is 2.67. The summed E-state index contributed by atoms with van der Waals surface area (Å²) < 4.78 is 0. The zero-order valence-corrected chi connectivity index (χ0v) is 6.89. The molecule has 0 bridgehead atoms. The van der Waals surface area contributed by atoms with Crippen molar-refractivity contribution in [2.45, 2.75) is 33.1 Å². The number of nitrogens with two attached hydrogens (primary N) is 1. The lowest BCUT2D eigenvalue weighted by Crippen LogP contribution is -2.34. The first-order valence-corrected chi connectivity index (χ1v) is 3.98. The fourth-order valence-corrected chi connectivity index (χ4v) is 1.52. The van der Waals surface area contributed by atoms with Crippen molar-refractivity contribution in [1.29, 1.82) is 0 Å². The van der Waals surface area contributed by atoms with Crippen molar-refractivity contribution in [2.75, 3.05) is 6.61 Å². The molecule has 1 aliphatic rings. The molecule has 60 valence electrons. The van der Waals surface area contributed by atoms with Gasteiger partial charge in [-0.15, -0.1) is 0 Å². The first-order chi connectivity index (χ1) is 4.67. The van der Waals surface area contributed by atoms with Crippen LogP contribution in [0.1, 0.15) is 33.1 Å². The average Bonchev–Trinajstić information content (AvgIpc) is 1.56. The van der Waals surface area contributed by atoms with Crippen LogP contribution in [0.15, 0.2) is 0 Å². The molecule has 0 aromatic rings. The second kappa shape index (κ2) is 2.89. The SMILES string of the molecule is CC(C)(CON)C1CCC1. The summed E-state index contributed by atoms with van der Waals surface area (Å²) in [6, 6.07) is 0. The standard InChI is InChI=1S/C8H17NO/c1-8(2,6-10-9)7-4-3-5-7/h7H,3-6,9H2,1-2H3. The highest BCUT2D eigenvalue weighted by atomic mass is 16.6. The van der Waals surface area contributed by atoms with Crippen molar-refractivity contribution in [2.24, 2.45) is 17.2 Å². The van der Waals surface area contributed by atoms with Crippen LogP contribution < -0.4 is 5.90 Å². The summed E-state index contributed by atoms with van der Waals surface area (Å²) in [6.07, 6.45) is 4.10. The molecular weight excluding hydrogens is 126 g/mol. The Balaban J connectivity index is 2.33. The van der Waals surface area contributed by atoms with Crippen molar-refractivity contribution < 1.29 is 4.84 Å². The maximum atomic E-state index is 5.03. The predicted molar refractivity (Wildman–Crippen MR) is 41.3 cm³/mol. The minimum Gasteiger partial charge on any atom is -0.304 e. The van der Waals surface area contributed by atoms with Gasteiger partial charge in [0.15, 0.2) is 0 Å². The van der Waals surface area contributed by atoms with E-state index in [-0.39, 0.29) is 0 Å². The van der Waals surface area contributed by atoms with Crippen molar-refractivity contribution in [3.8, 4) is 0 Å². The Labute approximate surface area is 62.7 Å². The van der Waals surface area contributed by atoms with Crippen LogP contribution in [0.3, 0.4) is 0 Å². The van der Waals surface area contributed by atoms with E-state index in [9.17, 15) is 0 Å². The third kappa shape index (κ3) is 1.50. The van der Waals surface area contributed by atoms with E-state index in [4.69, 9.17) is 5.90 Å². The van der Waals surface area contributed by atoms with Gasteiger partial charge in [-0.1, -0.05) is 20.3 Å². The van der Waals surface area contributed by atoms with Crippen molar-refractivity contribution in [3.05, 3.63) is 0 Å². The van der Waals surface area contributed by atoms with Crippen LogP contribution in [-0.2, 0) is 4.84 Å². The summed E-state index contributed by atoms with van der Waals surface area (Å²) in [6.45, 7) is 5.14. The molecule has 0 atom stereocenters. The summed E-state index contributed by atoms with van der Waals surface area (Å²) in [5.74, 6) is 5.87. The fraction of sp³-hybridized carbons (Fsp3) is 1.00. The first kappa shape index (κ1) is 8.02. The van der Waals surface area contributed by atoms with Crippen LogP contribution in [0.5, 0.6) is 0 Å². The van der Waals surface area contributed by atoms with Gasteiger partial charge < -0.3 is 4.84 Å². The van der Waals surface area contributed by atoms with E-state index in [1.807, 2.05) is 0 Å². The lowest BCUT2D eigenvalue weighted by atomic mass is 9.68. The summed E-state index contributed by atoms with van der Waals surface area (Å²) in [7, 11) is 0. The lowest BCUT2D eigenvalue weighted by Gasteiger charge is -2.39. The number of hydrogen-bond acceptors (Lipinski definition) is 2. The quantitative estimate of drug-likeness (QED) is 0.610. The summed E-state index contributed by atoms with van der Waals surface area (Å²) in [5.41, 5.74) is 0.299. The lowest BCUT2D eigenvalue weighted by molar-refractivity contribution is 0.00196. The Hall–Kier alpha value is -0.0800. The molecule has 0 amide bonds. The Kier molecular flexibility index (Phi) is 2.32. The van der Waals surface area contributed by atoms with E-state index < -0.39 is 0 Å². The third-order valence-electron chi connectivity index (χ3n) is 2.67. The van der Waals surface area contributed by atoms with Crippen LogP contribution in [-0.4, -0.2) is 6.61 Å². The van der Waals surface area contributed by atoms with Crippen LogP contribution in [0.2, 0.25) is 0 Å². The fourth-order valence-electron chi connectivity index (χ4n) is 1.52. The molecule has 0 saturated heterocycles. The minimum absolute atomic E-state index is 0.299. The van der Waals surface area contributed by atoms with Crippen molar-refractivity contribution in [3.63, 3.8) is 0 Å². The monoisotopic (exact) mass is 143 g/mol. The molecule has 2 N–H and O–H groups in total. The largest absolute Gasteiger partial charge is 0.304 e. The molecular formula is C8H17NO. The van der Waals surface area contributed by atoms with Crippen LogP contribution in [0, 0.1) is 11.3 Å². The van der Waals surface area contributed by atoms with Gasteiger partial charge in [-0.3, -0.25) is 0 Å². The van der Waals surface area contributed by atoms with Gasteiger partial charge >= 0.3 is 0 Å². The van der Waals surface area contributed by atoms with E-state index in [1.54, 1.807) is 0 Å². The van der Waals surface area contributed by atoms with Crippen molar-refractivity contribution >= 4 is 0 Å². The normalized spacial score (nSPS) is 20.7. The molecule has 0 aliphatic heterocycles. The van der Waals surface area contributed by atoms with Gasteiger partial charge in [0, 0.05) is 0 Å². The molecule has 0 spiro atoms. The topological polar surface area (TPSA) is 35.2 Å². The Bertz CT molecular complexity index is 108. The first-order valence-electron chi connectivity index (χ1n) is 3.98. The van der Waals surface area contributed by atoms with Gasteiger partial charge in [0.1, 0.15) is 0 Å². The molecule has 0 unspecified atom stereocenters. The minimum atomic E-state index is 0.299. The van der Waals surface area contributed by atoms with E-state index in [0.717, 1.165) is 5.92 Å². The van der Waals surface area contributed by atoms with E-state index in [1.165, 1.54) is 19.3 Å². The van der Waals surface area contributed by atoms with E-state index in [0.29, 0.717) is 12.0 Å². The second-order valence-corrected chi connectivity index (χ2v) is 3.93. The van der Waals surface area contributed by atoms with Gasteiger partial charge in [-0.25, -0.2) is 5.90 Å².